The number of carbonyl (C=O) groups is 1. The zero-order valence-corrected chi connectivity index (χ0v) is 35.0. The molecule has 1 unspecified atom stereocenters. The Morgan fingerprint density at radius 2 is 1.57 bits per heavy atom. The largest absolute Gasteiger partial charge is 0.633 e. The number of quaternary nitrogens is 1. The van der Waals surface area contributed by atoms with Gasteiger partial charge in [-0.3, -0.25) is 4.79 Å². The average molecular weight is 781 g/mol. The number of hydroxylamine groups is 3. The minimum atomic E-state index is -1.83. The standard InChI is InChI=1S/C38H72N2O14/c1-15-27-38(10,46)31(42)24(6)39(11)19-20(2)17-36(8,45)33(53-54-35-29(41)26(40(12,13)47)16-21(3)49-35)22(4)30(23(5)34(44)51-27)52-28-18-37(9,48-14)32(43)25(7)50-28/h20-33,35,41-43,45-46H,15-19H2,1-14H3/t20-,21-,22+,23-,24-,25+,26+,27?,28+,29-,30+,31-,32+,33-,35+,36-,37-,38-/m1/s1. The van der Waals surface area contributed by atoms with Crippen LogP contribution in [0.4, 0.5) is 0 Å². The Balaban J connectivity index is 2.13. The molecule has 0 spiro atoms. The number of hydrogen-bond donors (Lipinski definition) is 5. The summed E-state index contributed by atoms with van der Waals surface area (Å²) in [4.78, 5) is 28.0. The smallest absolute Gasteiger partial charge is 0.311 e. The Morgan fingerprint density at radius 1 is 0.963 bits per heavy atom. The molecule has 0 aromatic heterocycles. The molecule has 0 saturated carbocycles. The van der Waals surface area contributed by atoms with E-state index in [1.54, 1.807) is 62.4 Å². The Bertz CT molecular complexity index is 1200. The number of likely N-dealkylation sites (N-methyl/N-ethyl adjacent to an activating group) is 2. The topological polar surface area (TPSA) is 209 Å². The summed E-state index contributed by atoms with van der Waals surface area (Å²) in [6.45, 7) is 17.4. The van der Waals surface area contributed by atoms with Gasteiger partial charge in [-0.15, -0.1) is 0 Å². The van der Waals surface area contributed by atoms with Gasteiger partial charge < -0.3 is 64.0 Å². The predicted octanol–water partition coefficient (Wildman–Crippen LogP) is 1.84. The summed E-state index contributed by atoms with van der Waals surface area (Å²) in [7, 11) is 6.15. The minimum absolute atomic E-state index is 0.0861. The molecule has 3 rings (SSSR count). The molecule has 16 heteroatoms. The summed E-state index contributed by atoms with van der Waals surface area (Å²) < 4.78 is 29.5. The molecule has 0 aliphatic carbocycles. The van der Waals surface area contributed by atoms with Crippen LogP contribution in [-0.4, -0.2) is 166 Å². The Labute approximate surface area is 322 Å². The molecule has 0 bridgehead atoms. The number of rotatable bonds is 8. The van der Waals surface area contributed by atoms with E-state index in [-0.39, 0.29) is 31.6 Å². The van der Waals surface area contributed by atoms with Crippen LogP contribution in [0.3, 0.4) is 0 Å². The molecule has 318 valence electrons. The van der Waals surface area contributed by atoms with Crippen molar-refractivity contribution >= 4 is 5.97 Å². The number of cyclic esters (lactones) is 1. The molecule has 3 fully saturated rings. The van der Waals surface area contributed by atoms with Crippen molar-refractivity contribution in [2.45, 2.75) is 185 Å². The molecule has 3 aliphatic rings. The number of aliphatic hydroxyl groups excluding tert-OH is 3. The van der Waals surface area contributed by atoms with Gasteiger partial charge in [0.15, 0.2) is 12.4 Å². The lowest BCUT2D eigenvalue weighted by molar-refractivity contribution is -0.875. The van der Waals surface area contributed by atoms with Crippen molar-refractivity contribution in [3.63, 3.8) is 0 Å². The Kier molecular flexibility index (Phi) is 16.0. The average Bonchev–Trinajstić information content (AvgIpc) is 3.06. The van der Waals surface area contributed by atoms with Crippen LogP contribution >= 0.6 is 0 Å². The maximum absolute atomic E-state index is 14.2. The van der Waals surface area contributed by atoms with Crippen LogP contribution in [0.2, 0.25) is 0 Å². The van der Waals surface area contributed by atoms with Crippen LogP contribution in [0.5, 0.6) is 0 Å². The van der Waals surface area contributed by atoms with E-state index in [9.17, 15) is 35.5 Å². The first-order valence-corrected chi connectivity index (χ1v) is 19.5. The summed E-state index contributed by atoms with van der Waals surface area (Å²) in [5.74, 6) is -2.91. The molecular weight excluding hydrogens is 708 g/mol. The van der Waals surface area contributed by atoms with Crippen molar-refractivity contribution in [2.75, 3.05) is 34.8 Å². The van der Waals surface area contributed by atoms with Crippen LogP contribution in [0.15, 0.2) is 0 Å². The maximum Gasteiger partial charge on any atom is 0.311 e. The highest BCUT2D eigenvalue weighted by Crippen LogP contribution is 2.39. The van der Waals surface area contributed by atoms with Gasteiger partial charge in [-0.2, -0.15) is 0 Å². The number of nitrogens with zero attached hydrogens (tertiary/aromatic N) is 2. The fourth-order valence-electron chi connectivity index (χ4n) is 8.70. The van der Waals surface area contributed by atoms with E-state index < -0.39 is 113 Å². The van der Waals surface area contributed by atoms with Gasteiger partial charge in [-0.05, 0) is 74.3 Å². The normalized spacial score (nSPS) is 48.4. The van der Waals surface area contributed by atoms with Crippen LogP contribution in [0.1, 0.15) is 94.9 Å². The molecule has 3 saturated heterocycles. The van der Waals surface area contributed by atoms with Crippen LogP contribution in [0.25, 0.3) is 0 Å². The van der Waals surface area contributed by atoms with Crippen molar-refractivity contribution in [1.82, 2.24) is 4.90 Å². The predicted molar refractivity (Wildman–Crippen MR) is 197 cm³/mol. The molecule has 0 aromatic rings. The first kappa shape index (κ1) is 47.3. The highest BCUT2D eigenvalue weighted by atomic mass is 17.2. The molecule has 16 nitrogen and oxygen atoms in total. The second-order valence-electron chi connectivity index (χ2n) is 17.7. The molecule has 0 amide bonds. The number of hydrogen-bond acceptors (Lipinski definition) is 15. The SMILES string of the molecule is CCC1OC(=O)[C@H](C)[C@@H](O[C@H]2C[C@@](C)(OC)[C@@H](O)[C@H](C)O2)[C@H](C)[C@@H](OO[C@@H]2O[C@H](C)C[C@H]([N+](C)(C)[O-])[C@H]2O)[C@](C)(O)C[C@@H](C)CN(C)[C@H](C)[C@@H](O)[C@]1(C)O. The first-order valence-electron chi connectivity index (χ1n) is 19.5. The zero-order valence-electron chi connectivity index (χ0n) is 35.0. The van der Waals surface area contributed by atoms with E-state index in [1.165, 1.54) is 28.1 Å². The van der Waals surface area contributed by atoms with Crippen molar-refractivity contribution < 1.29 is 68.4 Å². The molecular formula is C38H72N2O14. The third-order valence-electron chi connectivity index (χ3n) is 12.3. The lowest BCUT2D eigenvalue weighted by Crippen LogP contribution is -2.61. The van der Waals surface area contributed by atoms with Gasteiger partial charge in [0.25, 0.3) is 0 Å². The molecule has 54 heavy (non-hydrogen) atoms. The van der Waals surface area contributed by atoms with Gasteiger partial charge in [0.1, 0.15) is 36.1 Å². The second kappa shape index (κ2) is 18.2. The molecule has 0 aromatic carbocycles. The minimum Gasteiger partial charge on any atom is -0.633 e. The van der Waals surface area contributed by atoms with E-state index in [2.05, 4.69) is 0 Å². The molecule has 0 radical (unpaired) electrons. The highest BCUT2D eigenvalue weighted by molar-refractivity contribution is 5.73. The molecule has 5 N–H and O–H groups in total. The van der Waals surface area contributed by atoms with Crippen molar-refractivity contribution in [1.29, 1.82) is 0 Å². The lowest BCUT2D eigenvalue weighted by atomic mass is 9.78. The third kappa shape index (κ3) is 10.7. The van der Waals surface area contributed by atoms with Crippen molar-refractivity contribution in [3.05, 3.63) is 5.21 Å². The Hall–Kier alpha value is -1.09. The third-order valence-corrected chi connectivity index (χ3v) is 12.3. The molecule has 3 heterocycles. The first-order chi connectivity index (χ1) is 24.7. The van der Waals surface area contributed by atoms with Crippen molar-refractivity contribution in [2.24, 2.45) is 17.8 Å². The lowest BCUT2D eigenvalue weighted by Gasteiger charge is -2.49. The zero-order chi connectivity index (χ0) is 41.3. The van der Waals surface area contributed by atoms with Crippen LogP contribution < -0.4 is 0 Å². The summed E-state index contributed by atoms with van der Waals surface area (Å²) in [5, 5.41) is 70.6. The summed E-state index contributed by atoms with van der Waals surface area (Å²) in [6, 6.07) is -1.36. The van der Waals surface area contributed by atoms with Crippen LogP contribution in [0, 0.1) is 23.0 Å². The highest BCUT2D eigenvalue weighted by Gasteiger charge is 2.52. The fourth-order valence-corrected chi connectivity index (χ4v) is 8.70. The van der Waals surface area contributed by atoms with Gasteiger partial charge >= 0.3 is 5.97 Å². The van der Waals surface area contributed by atoms with Crippen molar-refractivity contribution in [3.8, 4) is 0 Å². The van der Waals surface area contributed by atoms with E-state index in [4.69, 9.17) is 33.5 Å². The number of carbonyl (C=O) groups excluding carboxylic acids is 1. The number of ether oxygens (including phenoxy) is 5. The second-order valence-corrected chi connectivity index (χ2v) is 17.7. The van der Waals surface area contributed by atoms with Gasteiger partial charge in [0, 0.05) is 38.5 Å². The number of methoxy groups -OCH3 is 1. The fraction of sp³-hybridized carbons (Fsp3) is 0.974. The van der Waals surface area contributed by atoms with E-state index >= 15 is 0 Å². The van der Waals surface area contributed by atoms with E-state index in [0.29, 0.717) is 6.54 Å². The van der Waals surface area contributed by atoms with E-state index in [1.807, 2.05) is 11.8 Å². The quantitative estimate of drug-likeness (QED) is 0.103. The molecule has 18 atom stereocenters. The van der Waals surface area contributed by atoms with Gasteiger partial charge in [0.2, 0.25) is 6.29 Å². The number of esters is 1. The van der Waals surface area contributed by atoms with Crippen LogP contribution in [-0.2, 0) is 38.3 Å². The van der Waals surface area contributed by atoms with Gasteiger partial charge in [0.05, 0.1) is 49.5 Å². The maximum atomic E-state index is 14.2. The monoisotopic (exact) mass is 780 g/mol. The van der Waals surface area contributed by atoms with E-state index in [0.717, 1.165) is 0 Å². The van der Waals surface area contributed by atoms with Gasteiger partial charge in [-0.1, -0.05) is 20.8 Å². The summed E-state index contributed by atoms with van der Waals surface area (Å²) in [5.41, 5.74) is -4.57. The Morgan fingerprint density at radius 3 is 2.13 bits per heavy atom. The number of aliphatic hydroxyl groups is 5. The summed E-state index contributed by atoms with van der Waals surface area (Å²) in [6.07, 6.45) is -9.96. The van der Waals surface area contributed by atoms with Gasteiger partial charge in [-0.25, -0.2) is 9.78 Å². The molecule has 3 aliphatic heterocycles. The summed E-state index contributed by atoms with van der Waals surface area (Å²) >= 11 is 0.